The van der Waals surface area contributed by atoms with Gasteiger partial charge in [-0.3, -0.25) is 0 Å². The Morgan fingerprint density at radius 3 is 2.86 bits per heavy atom. The molecule has 116 valence electrons. The average molecular weight is 289 g/mol. The van der Waals surface area contributed by atoms with Crippen LogP contribution in [-0.4, -0.2) is 27.3 Å². The third kappa shape index (κ3) is 3.16. The summed E-state index contributed by atoms with van der Waals surface area (Å²) >= 11 is 0. The molecule has 1 aromatic rings. The lowest BCUT2D eigenvalue weighted by molar-refractivity contribution is -0.0681. The molecular formula is C17H27N3O. The molecule has 1 aromatic heterocycles. The van der Waals surface area contributed by atoms with E-state index in [1.807, 2.05) is 6.20 Å². The van der Waals surface area contributed by atoms with Crippen LogP contribution in [0.1, 0.15) is 63.6 Å². The van der Waals surface area contributed by atoms with Gasteiger partial charge >= 0.3 is 0 Å². The van der Waals surface area contributed by atoms with Crippen molar-refractivity contribution in [3.63, 3.8) is 0 Å². The summed E-state index contributed by atoms with van der Waals surface area (Å²) in [5.41, 5.74) is 0.232. The van der Waals surface area contributed by atoms with E-state index in [4.69, 9.17) is 4.74 Å². The molecule has 1 spiro atoms. The fourth-order valence-electron chi connectivity index (χ4n) is 4.00. The van der Waals surface area contributed by atoms with Crippen molar-refractivity contribution in [3.05, 3.63) is 18.2 Å². The van der Waals surface area contributed by atoms with Crippen LogP contribution in [0.5, 0.6) is 0 Å². The SMILES string of the molecule is c1cn(CC2CCC3(CCCCC3)O2)c(CNC2CC2)n1. The molecule has 2 aliphatic carbocycles. The van der Waals surface area contributed by atoms with Crippen LogP contribution < -0.4 is 5.32 Å². The first-order chi connectivity index (χ1) is 10.3. The van der Waals surface area contributed by atoms with Gasteiger partial charge in [0.15, 0.2) is 0 Å². The Hall–Kier alpha value is -0.870. The fraction of sp³-hybridized carbons (Fsp3) is 0.824. The second kappa shape index (κ2) is 5.73. The Balaban J connectivity index is 1.34. The van der Waals surface area contributed by atoms with Gasteiger partial charge in [-0.2, -0.15) is 0 Å². The highest BCUT2D eigenvalue weighted by atomic mass is 16.5. The highest BCUT2D eigenvalue weighted by Crippen LogP contribution is 2.42. The molecule has 1 unspecified atom stereocenters. The second-order valence-electron chi connectivity index (χ2n) is 7.17. The van der Waals surface area contributed by atoms with Gasteiger partial charge in [0.2, 0.25) is 0 Å². The third-order valence-corrected chi connectivity index (χ3v) is 5.43. The summed E-state index contributed by atoms with van der Waals surface area (Å²) in [6.45, 7) is 1.87. The molecular weight excluding hydrogens is 262 g/mol. The monoisotopic (exact) mass is 289 g/mol. The molecule has 2 saturated carbocycles. The van der Waals surface area contributed by atoms with Gasteiger partial charge in [0.1, 0.15) is 5.82 Å². The Kier molecular flexibility index (Phi) is 3.76. The first-order valence-electron chi connectivity index (χ1n) is 8.74. The molecule has 3 aliphatic rings. The van der Waals surface area contributed by atoms with Crippen molar-refractivity contribution in [1.29, 1.82) is 0 Å². The van der Waals surface area contributed by atoms with Crippen LogP contribution in [0.25, 0.3) is 0 Å². The highest BCUT2D eigenvalue weighted by molar-refractivity contribution is 4.97. The number of nitrogens with one attached hydrogen (secondary N) is 1. The largest absolute Gasteiger partial charge is 0.370 e. The second-order valence-corrected chi connectivity index (χ2v) is 7.17. The maximum absolute atomic E-state index is 6.49. The topological polar surface area (TPSA) is 39.1 Å². The predicted octanol–water partition coefficient (Wildman–Crippen LogP) is 3.02. The van der Waals surface area contributed by atoms with Crippen molar-refractivity contribution in [3.8, 4) is 0 Å². The Bertz CT molecular complexity index is 474. The van der Waals surface area contributed by atoms with E-state index in [9.17, 15) is 0 Å². The summed E-state index contributed by atoms with van der Waals surface area (Å²) in [6.07, 6.45) is 16.2. The number of ether oxygens (including phenoxy) is 1. The Morgan fingerprint density at radius 2 is 2.05 bits per heavy atom. The molecule has 4 nitrogen and oxygen atoms in total. The maximum Gasteiger partial charge on any atom is 0.122 e. The van der Waals surface area contributed by atoms with Crippen molar-refractivity contribution < 1.29 is 4.74 Å². The van der Waals surface area contributed by atoms with Crippen LogP contribution in [0, 0.1) is 0 Å². The molecule has 4 heteroatoms. The number of imidazole rings is 1. The van der Waals surface area contributed by atoms with Gasteiger partial charge in [-0.15, -0.1) is 0 Å². The molecule has 21 heavy (non-hydrogen) atoms. The molecule has 1 atom stereocenters. The molecule has 1 saturated heterocycles. The van der Waals surface area contributed by atoms with E-state index >= 15 is 0 Å². The van der Waals surface area contributed by atoms with Gasteiger partial charge in [0.25, 0.3) is 0 Å². The first kappa shape index (κ1) is 13.8. The minimum Gasteiger partial charge on any atom is -0.370 e. The number of rotatable bonds is 5. The molecule has 3 fully saturated rings. The lowest BCUT2D eigenvalue weighted by atomic mass is 9.83. The van der Waals surface area contributed by atoms with Gasteiger partial charge in [-0.1, -0.05) is 19.3 Å². The maximum atomic E-state index is 6.49. The van der Waals surface area contributed by atoms with E-state index in [1.165, 1.54) is 57.8 Å². The van der Waals surface area contributed by atoms with Crippen LogP contribution in [0.4, 0.5) is 0 Å². The van der Waals surface area contributed by atoms with Crippen LogP contribution in [0.15, 0.2) is 12.4 Å². The zero-order chi connectivity index (χ0) is 14.1. The number of aromatic nitrogens is 2. The molecule has 1 aliphatic heterocycles. The van der Waals surface area contributed by atoms with Crippen molar-refractivity contribution in [1.82, 2.24) is 14.9 Å². The number of hydrogen-bond donors (Lipinski definition) is 1. The van der Waals surface area contributed by atoms with E-state index in [1.54, 1.807) is 0 Å². The molecule has 1 N–H and O–H groups in total. The average Bonchev–Trinajstić information content (AvgIpc) is 3.12. The quantitative estimate of drug-likeness (QED) is 0.905. The summed E-state index contributed by atoms with van der Waals surface area (Å²) < 4.78 is 8.78. The lowest BCUT2D eigenvalue weighted by Crippen LogP contribution is -2.32. The smallest absolute Gasteiger partial charge is 0.122 e. The van der Waals surface area contributed by atoms with Crippen LogP contribution in [0.3, 0.4) is 0 Å². The van der Waals surface area contributed by atoms with E-state index in [2.05, 4.69) is 21.1 Å². The Morgan fingerprint density at radius 1 is 1.19 bits per heavy atom. The lowest BCUT2D eigenvalue weighted by Gasteiger charge is -2.33. The molecule has 0 aromatic carbocycles. The van der Waals surface area contributed by atoms with E-state index in [0.717, 1.165) is 25.0 Å². The standard InChI is InChI=1S/C17H27N3O/c1-2-7-17(8-3-1)9-6-15(21-17)13-20-11-10-18-16(20)12-19-14-4-5-14/h10-11,14-15,19H,1-9,12-13H2. The van der Waals surface area contributed by atoms with Gasteiger partial charge in [0.05, 0.1) is 24.8 Å². The van der Waals surface area contributed by atoms with Gasteiger partial charge in [-0.25, -0.2) is 4.98 Å². The minimum atomic E-state index is 0.232. The van der Waals surface area contributed by atoms with E-state index in [-0.39, 0.29) is 5.60 Å². The highest BCUT2D eigenvalue weighted by Gasteiger charge is 2.40. The molecule has 0 radical (unpaired) electrons. The molecule has 2 heterocycles. The summed E-state index contributed by atoms with van der Waals surface area (Å²) in [7, 11) is 0. The fourth-order valence-corrected chi connectivity index (χ4v) is 4.00. The first-order valence-corrected chi connectivity index (χ1v) is 8.74. The summed E-state index contributed by atoms with van der Waals surface area (Å²) in [5.74, 6) is 1.16. The molecule has 0 amide bonds. The van der Waals surface area contributed by atoms with Crippen LogP contribution in [0.2, 0.25) is 0 Å². The predicted molar refractivity (Wildman–Crippen MR) is 82.0 cm³/mol. The molecule has 4 rings (SSSR count). The number of nitrogens with zero attached hydrogens (tertiary/aromatic N) is 2. The zero-order valence-corrected chi connectivity index (χ0v) is 12.9. The van der Waals surface area contributed by atoms with E-state index < -0.39 is 0 Å². The van der Waals surface area contributed by atoms with Gasteiger partial charge in [-0.05, 0) is 38.5 Å². The van der Waals surface area contributed by atoms with Crippen molar-refractivity contribution in [2.45, 2.75) is 88.6 Å². The van der Waals surface area contributed by atoms with Crippen LogP contribution >= 0.6 is 0 Å². The van der Waals surface area contributed by atoms with Crippen molar-refractivity contribution in [2.75, 3.05) is 0 Å². The zero-order valence-electron chi connectivity index (χ0n) is 12.9. The van der Waals surface area contributed by atoms with Crippen molar-refractivity contribution in [2.24, 2.45) is 0 Å². The third-order valence-electron chi connectivity index (χ3n) is 5.43. The minimum absolute atomic E-state index is 0.232. The summed E-state index contributed by atoms with van der Waals surface area (Å²) in [4.78, 5) is 4.51. The van der Waals surface area contributed by atoms with Gasteiger partial charge < -0.3 is 14.6 Å². The van der Waals surface area contributed by atoms with E-state index in [0.29, 0.717) is 6.10 Å². The molecule has 0 bridgehead atoms. The van der Waals surface area contributed by atoms with Crippen molar-refractivity contribution >= 4 is 0 Å². The summed E-state index contributed by atoms with van der Waals surface area (Å²) in [5, 5.41) is 3.56. The number of hydrogen-bond acceptors (Lipinski definition) is 3. The van der Waals surface area contributed by atoms with Crippen LogP contribution in [-0.2, 0) is 17.8 Å². The van der Waals surface area contributed by atoms with Gasteiger partial charge in [0, 0.05) is 18.4 Å². The summed E-state index contributed by atoms with van der Waals surface area (Å²) in [6, 6.07) is 0.739. The Labute approximate surface area is 127 Å². The normalized spacial score (nSPS) is 28.3.